The topological polar surface area (TPSA) is 148 Å². The summed E-state index contributed by atoms with van der Waals surface area (Å²) in [5.41, 5.74) is 16.9. The summed E-state index contributed by atoms with van der Waals surface area (Å²) in [6.07, 6.45) is 8.88. The second-order valence-corrected chi connectivity index (χ2v) is 14.7. The van der Waals surface area contributed by atoms with Crippen molar-refractivity contribution in [2.45, 2.75) is 102 Å². The van der Waals surface area contributed by atoms with Crippen LogP contribution >= 0.6 is 0 Å². The molecular weight excluding hydrogens is 552 g/mol. The predicted octanol–water partition coefficient (Wildman–Crippen LogP) is 4.72. The monoisotopic (exact) mass is 600 g/mol. The van der Waals surface area contributed by atoms with Gasteiger partial charge in [0.2, 0.25) is 17.7 Å². The number of aliphatic hydroxyl groups excluding tert-OH is 1. The van der Waals surface area contributed by atoms with Crippen LogP contribution in [0.3, 0.4) is 0 Å². The number of carbonyl (C=O) groups excluding carboxylic acids is 3. The molecule has 0 unspecified atom stereocenters. The SMILES string of the molecule is C[C@]1(C(=O)NC(=O)[C@@]2(C)CCC[C@]3(C)c4cc(N)ccc4CC[C@@H]23)CCC[C@@H]2c3cc(NC(=O)[C@@H](N)CO)ccc3CC[C@H]21. The number of nitrogen functional groups attached to an aromatic ring is 1. The molecule has 0 saturated heterocycles. The first-order valence-corrected chi connectivity index (χ1v) is 16.5. The Kier molecular flexibility index (Phi) is 7.90. The Hall–Kier alpha value is -3.23. The number of rotatable bonds is 5. The molecular formula is C36H48N4O4. The van der Waals surface area contributed by atoms with Gasteiger partial charge in [-0.25, -0.2) is 0 Å². The lowest BCUT2D eigenvalue weighted by Crippen LogP contribution is -2.58. The van der Waals surface area contributed by atoms with Crippen LogP contribution in [0.15, 0.2) is 36.4 Å². The Labute approximate surface area is 260 Å². The lowest BCUT2D eigenvalue weighted by atomic mass is 9.49. The van der Waals surface area contributed by atoms with E-state index in [9.17, 15) is 19.5 Å². The van der Waals surface area contributed by atoms with Gasteiger partial charge in [-0.2, -0.15) is 0 Å². The van der Waals surface area contributed by atoms with Gasteiger partial charge < -0.3 is 21.9 Å². The van der Waals surface area contributed by atoms with Gasteiger partial charge in [-0.15, -0.1) is 0 Å². The van der Waals surface area contributed by atoms with E-state index in [1.54, 1.807) is 0 Å². The minimum Gasteiger partial charge on any atom is -0.399 e. The molecule has 0 bridgehead atoms. The number of benzene rings is 2. The largest absolute Gasteiger partial charge is 0.399 e. The highest BCUT2D eigenvalue weighted by Crippen LogP contribution is 2.58. The molecule has 0 aromatic heterocycles. The molecule has 0 spiro atoms. The van der Waals surface area contributed by atoms with Gasteiger partial charge in [-0.3, -0.25) is 19.7 Å². The third-order valence-corrected chi connectivity index (χ3v) is 12.2. The van der Waals surface area contributed by atoms with Crippen molar-refractivity contribution >= 4 is 29.1 Å². The molecule has 4 aliphatic carbocycles. The molecule has 7 N–H and O–H groups in total. The summed E-state index contributed by atoms with van der Waals surface area (Å²) < 4.78 is 0. The van der Waals surface area contributed by atoms with Crippen molar-refractivity contribution in [2.75, 3.05) is 17.7 Å². The Morgan fingerprint density at radius 3 is 2.39 bits per heavy atom. The summed E-state index contributed by atoms with van der Waals surface area (Å²) in [5, 5.41) is 15.1. The number of anilines is 2. The van der Waals surface area contributed by atoms with E-state index >= 15 is 0 Å². The molecule has 2 aromatic rings. The smallest absolute Gasteiger partial charge is 0.243 e. The molecule has 0 heterocycles. The average molecular weight is 601 g/mol. The van der Waals surface area contributed by atoms with Gasteiger partial charge in [0.05, 0.1) is 17.4 Å². The standard InChI is InChI=1S/C36H48N4O4/c1-34-16-5-17-36(3,30(34)14-10-22-7-11-23(37)18-28(22)34)33(44)40-32(43)35(2)15-4-6-25-26-19-24(39-31(42)29(38)20-41)12-8-21(26)9-13-27(25)35/h7-8,11-12,18-19,25,27,29-30,41H,4-6,9-10,13-17,20,37-38H2,1-3H3,(H,39,42)(H,40,43,44)/t25-,27-,29+,30-,34-,35+,36+/m1/s1. The van der Waals surface area contributed by atoms with E-state index in [4.69, 9.17) is 11.5 Å². The van der Waals surface area contributed by atoms with Gasteiger partial charge in [0.15, 0.2) is 0 Å². The summed E-state index contributed by atoms with van der Waals surface area (Å²) in [7, 11) is 0. The zero-order chi connectivity index (χ0) is 31.4. The van der Waals surface area contributed by atoms with Crippen molar-refractivity contribution < 1.29 is 19.5 Å². The second kappa shape index (κ2) is 11.3. The molecule has 3 amide bonds. The number of nitrogens with two attached hydrogens (primary N) is 2. The number of carbonyl (C=O) groups is 3. The van der Waals surface area contributed by atoms with Gasteiger partial charge in [0.1, 0.15) is 6.04 Å². The number of hydrogen-bond acceptors (Lipinski definition) is 6. The number of fused-ring (bicyclic) bond motifs is 6. The number of nitrogens with one attached hydrogen (secondary N) is 2. The number of imide groups is 1. The lowest BCUT2D eigenvalue weighted by molar-refractivity contribution is -0.149. The minimum absolute atomic E-state index is 0.0937. The Morgan fingerprint density at radius 1 is 0.909 bits per heavy atom. The van der Waals surface area contributed by atoms with E-state index in [0.29, 0.717) is 5.69 Å². The molecule has 8 heteroatoms. The molecule has 0 radical (unpaired) electrons. The summed E-state index contributed by atoms with van der Waals surface area (Å²) in [5.74, 6) is -0.314. The molecule has 6 rings (SSSR count). The first-order chi connectivity index (χ1) is 20.9. The summed E-state index contributed by atoms with van der Waals surface area (Å²) in [6.45, 7) is 6.00. The Morgan fingerprint density at radius 2 is 1.61 bits per heavy atom. The van der Waals surface area contributed by atoms with Crippen molar-refractivity contribution in [2.24, 2.45) is 28.4 Å². The van der Waals surface area contributed by atoms with Crippen molar-refractivity contribution in [1.29, 1.82) is 0 Å². The van der Waals surface area contributed by atoms with Gasteiger partial charge >= 0.3 is 0 Å². The van der Waals surface area contributed by atoms with Crippen LogP contribution in [0.2, 0.25) is 0 Å². The maximum absolute atomic E-state index is 14.3. The highest BCUT2D eigenvalue weighted by Gasteiger charge is 2.56. The van der Waals surface area contributed by atoms with Crippen LogP contribution in [0.25, 0.3) is 0 Å². The first-order valence-electron chi connectivity index (χ1n) is 16.5. The summed E-state index contributed by atoms with van der Waals surface area (Å²) in [6, 6.07) is 11.2. The van der Waals surface area contributed by atoms with Crippen LogP contribution in [0, 0.1) is 22.7 Å². The minimum atomic E-state index is -0.983. The van der Waals surface area contributed by atoms with Crippen molar-refractivity contribution in [1.82, 2.24) is 5.32 Å². The fourth-order valence-corrected chi connectivity index (χ4v) is 9.71. The fraction of sp³-hybridized carbons (Fsp3) is 0.583. The zero-order valence-electron chi connectivity index (χ0n) is 26.4. The molecule has 7 atom stereocenters. The molecule has 2 saturated carbocycles. The second-order valence-electron chi connectivity index (χ2n) is 14.7. The zero-order valence-corrected chi connectivity index (χ0v) is 26.4. The number of aliphatic hydroxyl groups is 1. The van der Waals surface area contributed by atoms with Gasteiger partial charge in [0.25, 0.3) is 0 Å². The van der Waals surface area contributed by atoms with Crippen LogP contribution in [0.1, 0.15) is 100 Å². The van der Waals surface area contributed by atoms with Crippen molar-refractivity contribution in [3.63, 3.8) is 0 Å². The molecule has 44 heavy (non-hydrogen) atoms. The molecule has 0 aliphatic heterocycles. The lowest BCUT2D eigenvalue weighted by Gasteiger charge is -2.55. The maximum atomic E-state index is 14.3. The number of aryl methyl sites for hydroxylation is 2. The van der Waals surface area contributed by atoms with Crippen molar-refractivity contribution in [3.8, 4) is 0 Å². The highest BCUT2D eigenvalue weighted by atomic mass is 16.3. The van der Waals surface area contributed by atoms with Crippen LogP contribution in [-0.2, 0) is 32.6 Å². The maximum Gasteiger partial charge on any atom is 0.243 e. The molecule has 236 valence electrons. The van der Waals surface area contributed by atoms with E-state index < -0.39 is 29.4 Å². The van der Waals surface area contributed by atoms with E-state index in [-0.39, 0.29) is 35.0 Å². The van der Waals surface area contributed by atoms with E-state index in [0.717, 1.165) is 75.5 Å². The molecule has 2 fully saturated rings. The van der Waals surface area contributed by atoms with Gasteiger partial charge in [-0.1, -0.05) is 45.7 Å². The predicted molar refractivity (Wildman–Crippen MR) is 172 cm³/mol. The molecule has 8 nitrogen and oxygen atoms in total. The van der Waals surface area contributed by atoms with Gasteiger partial charge in [-0.05, 0) is 121 Å². The first kappa shape index (κ1) is 30.8. The highest BCUT2D eigenvalue weighted by molar-refractivity contribution is 6.01. The molecule has 4 aliphatic rings. The van der Waals surface area contributed by atoms with E-state index in [1.165, 1.54) is 16.7 Å². The Bertz CT molecular complexity index is 1490. The van der Waals surface area contributed by atoms with Crippen LogP contribution in [-0.4, -0.2) is 35.5 Å². The molecule has 2 aromatic carbocycles. The normalized spacial score (nSPS) is 33.1. The average Bonchev–Trinajstić information content (AvgIpc) is 3.00. The third kappa shape index (κ3) is 4.94. The van der Waals surface area contributed by atoms with E-state index in [2.05, 4.69) is 49.6 Å². The van der Waals surface area contributed by atoms with Gasteiger partial charge in [0, 0.05) is 11.4 Å². The summed E-state index contributed by atoms with van der Waals surface area (Å²) >= 11 is 0. The fourth-order valence-electron chi connectivity index (χ4n) is 9.71. The van der Waals surface area contributed by atoms with Crippen LogP contribution in [0.4, 0.5) is 11.4 Å². The summed E-state index contributed by atoms with van der Waals surface area (Å²) in [4.78, 5) is 40.8. The van der Waals surface area contributed by atoms with E-state index in [1.807, 2.05) is 18.2 Å². The Balaban J connectivity index is 1.22. The van der Waals surface area contributed by atoms with Crippen LogP contribution in [0.5, 0.6) is 0 Å². The third-order valence-electron chi connectivity index (χ3n) is 12.2. The van der Waals surface area contributed by atoms with Crippen LogP contribution < -0.4 is 22.1 Å². The van der Waals surface area contributed by atoms with Crippen molar-refractivity contribution in [3.05, 3.63) is 58.7 Å². The number of amides is 3. The number of hydrogen-bond donors (Lipinski definition) is 5. The quantitative estimate of drug-likeness (QED) is 0.248.